The zero-order valence-corrected chi connectivity index (χ0v) is 7.92. The van der Waals surface area contributed by atoms with E-state index in [9.17, 15) is 9.90 Å². The first-order valence-corrected chi connectivity index (χ1v) is 4.62. The summed E-state index contributed by atoms with van der Waals surface area (Å²) < 4.78 is 0. The third-order valence-electron chi connectivity index (χ3n) is 4.15. The smallest absolute Gasteiger partial charge is 0.164 e. The summed E-state index contributed by atoms with van der Waals surface area (Å²) >= 11 is 0. The van der Waals surface area contributed by atoms with Crippen molar-refractivity contribution in [2.45, 2.75) is 39.2 Å². The molecule has 0 amide bonds. The quantitative estimate of drug-likeness (QED) is 0.593. The van der Waals surface area contributed by atoms with E-state index in [0.717, 1.165) is 6.42 Å². The van der Waals surface area contributed by atoms with Gasteiger partial charge in [0.05, 0.1) is 0 Å². The first kappa shape index (κ1) is 8.24. The molecule has 0 aliphatic heterocycles. The summed E-state index contributed by atoms with van der Waals surface area (Å²) in [6.07, 6.45) is 1.61. The molecule has 0 saturated heterocycles. The highest BCUT2D eigenvalue weighted by Gasteiger charge is 2.62. The molecule has 0 spiro atoms. The molecule has 2 nitrogen and oxygen atoms in total. The summed E-state index contributed by atoms with van der Waals surface area (Å²) in [4.78, 5) is 11.4. The lowest BCUT2D eigenvalue weighted by atomic mass is 9.44. The minimum atomic E-state index is -1.04. The van der Waals surface area contributed by atoms with E-state index in [1.54, 1.807) is 6.92 Å². The first-order valence-electron chi connectivity index (χ1n) is 4.62. The van der Waals surface area contributed by atoms with E-state index in [4.69, 9.17) is 0 Å². The van der Waals surface area contributed by atoms with Gasteiger partial charge < -0.3 is 5.11 Å². The molecule has 0 radical (unpaired) electrons. The van der Waals surface area contributed by atoms with Crippen LogP contribution in [0.15, 0.2) is 0 Å². The zero-order chi connectivity index (χ0) is 9.15. The fourth-order valence-electron chi connectivity index (χ4n) is 2.94. The number of hydrogen-bond acceptors (Lipinski definition) is 2. The summed E-state index contributed by atoms with van der Waals surface area (Å²) in [6, 6.07) is 0. The Morgan fingerprint density at radius 1 is 1.42 bits per heavy atom. The Labute approximate surface area is 73.0 Å². The summed E-state index contributed by atoms with van der Waals surface area (Å²) in [5.41, 5.74) is -0.865. The summed E-state index contributed by atoms with van der Waals surface area (Å²) in [6.45, 7) is 6.00. The van der Waals surface area contributed by atoms with Gasteiger partial charge in [0.2, 0.25) is 0 Å². The van der Waals surface area contributed by atoms with E-state index in [1.807, 2.05) is 0 Å². The fraction of sp³-hybridized carbons (Fsp3) is 0.900. The maximum atomic E-state index is 11.4. The van der Waals surface area contributed by atoms with E-state index in [2.05, 4.69) is 13.8 Å². The molecule has 3 fully saturated rings. The van der Waals surface area contributed by atoms with Crippen LogP contribution in [-0.4, -0.2) is 16.5 Å². The Balaban J connectivity index is 2.33. The van der Waals surface area contributed by atoms with Gasteiger partial charge in [-0.2, -0.15) is 0 Å². The largest absolute Gasteiger partial charge is 0.382 e. The number of carbonyl (C=O) groups excluding carboxylic acids is 1. The molecule has 0 aromatic heterocycles. The second kappa shape index (κ2) is 1.92. The number of fused-ring (bicyclic) bond motifs is 2. The highest BCUT2D eigenvalue weighted by molar-refractivity contribution is 5.89. The number of hydrogen-bond donors (Lipinski definition) is 1. The van der Waals surface area contributed by atoms with Gasteiger partial charge in [0.1, 0.15) is 5.60 Å². The predicted octanol–water partition coefficient (Wildman–Crippen LogP) is 1.37. The summed E-state index contributed by atoms with van der Waals surface area (Å²) in [5.74, 6) is 0.759. The molecule has 3 saturated carbocycles. The van der Waals surface area contributed by atoms with Gasteiger partial charge in [-0.05, 0) is 24.7 Å². The van der Waals surface area contributed by atoms with Crippen LogP contribution in [0.2, 0.25) is 0 Å². The zero-order valence-electron chi connectivity index (χ0n) is 7.92. The van der Waals surface area contributed by atoms with Crippen molar-refractivity contribution < 1.29 is 9.90 Å². The Bertz CT molecular complexity index is 240. The molecular formula is C10H16O2. The lowest BCUT2D eigenvalue weighted by Crippen LogP contribution is -2.64. The van der Waals surface area contributed by atoms with E-state index in [-0.39, 0.29) is 17.1 Å². The SMILES string of the molecule is CC1(C)[C@@H]2CC(=O)[C@](C)(O)[C@H]1C2. The number of ketones is 1. The van der Waals surface area contributed by atoms with E-state index in [0.29, 0.717) is 12.3 Å². The second-order valence-corrected chi connectivity index (χ2v) is 5.08. The average Bonchev–Trinajstić information content (AvgIpc) is 1.93. The van der Waals surface area contributed by atoms with Crippen molar-refractivity contribution in [3.8, 4) is 0 Å². The molecule has 2 bridgehead atoms. The van der Waals surface area contributed by atoms with Gasteiger partial charge in [-0.1, -0.05) is 13.8 Å². The monoisotopic (exact) mass is 168 g/mol. The Hall–Kier alpha value is -0.370. The minimum Gasteiger partial charge on any atom is -0.382 e. The van der Waals surface area contributed by atoms with Crippen LogP contribution >= 0.6 is 0 Å². The minimum absolute atomic E-state index is 0.0445. The van der Waals surface area contributed by atoms with Crippen LogP contribution < -0.4 is 0 Å². The molecule has 0 heterocycles. The van der Waals surface area contributed by atoms with Crippen LogP contribution in [0.3, 0.4) is 0 Å². The Kier molecular flexibility index (Phi) is 1.32. The van der Waals surface area contributed by atoms with Gasteiger partial charge in [-0.15, -0.1) is 0 Å². The van der Waals surface area contributed by atoms with Crippen molar-refractivity contribution in [1.29, 1.82) is 0 Å². The van der Waals surface area contributed by atoms with Gasteiger partial charge in [0.15, 0.2) is 5.78 Å². The highest BCUT2D eigenvalue weighted by atomic mass is 16.3. The molecule has 0 aromatic carbocycles. The molecule has 3 atom stereocenters. The van der Waals surface area contributed by atoms with Gasteiger partial charge in [-0.25, -0.2) is 0 Å². The molecule has 0 aromatic rings. The Morgan fingerprint density at radius 2 is 2.00 bits per heavy atom. The van der Waals surface area contributed by atoms with Crippen molar-refractivity contribution in [2.75, 3.05) is 0 Å². The maximum Gasteiger partial charge on any atom is 0.164 e. The van der Waals surface area contributed by atoms with Crippen molar-refractivity contribution in [1.82, 2.24) is 0 Å². The molecule has 3 rings (SSSR count). The fourth-order valence-corrected chi connectivity index (χ4v) is 2.94. The molecular weight excluding hydrogens is 152 g/mol. The van der Waals surface area contributed by atoms with Crippen LogP contribution in [0, 0.1) is 17.3 Å². The van der Waals surface area contributed by atoms with Crippen molar-refractivity contribution in [3.63, 3.8) is 0 Å². The van der Waals surface area contributed by atoms with Crippen LogP contribution in [0.25, 0.3) is 0 Å². The number of Topliss-reactive ketones (excluding diaryl/α,β-unsaturated/α-hetero) is 1. The van der Waals surface area contributed by atoms with Crippen LogP contribution in [-0.2, 0) is 4.79 Å². The average molecular weight is 168 g/mol. The molecule has 1 N–H and O–H groups in total. The van der Waals surface area contributed by atoms with Crippen molar-refractivity contribution in [2.24, 2.45) is 17.3 Å². The molecule has 68 valence electrons. The standard InChI is InChI=1S/C10H16O2/c1-9(2)6-4-7(9)10(3,12)8(11)5-6/h6-7,12H,4-5H2,1-3H3/t6-,7-,10+/m0/s1. The lowest BCUT2D eigenvalue weighted by Gasteiger charge is -2.61. The molecule has 12 heavy (non-hydrogen) atoms. The maximum absolute atomic E-state index is 11.4. The van der Waals surface area contributed by atoms with E-state index in [1.165, 1.54) is 0 Å². The second-order valence-electron chi connectivity index (χ2n) is 5.08. The molecule has 3 aliphatic carbocycles. The summed E-state index contributed by atoms with van der Waals surface area (Å²) in [7, 11) is 0. The molecule has 0 unspecified atom stereocenters. The third-order valence-corrected chi connectivity index (χ3v) is 4.15. The van der Waals surface area contributed by atoms with Crippen molar-refractivity contribution in [3.05, 3.63) is 0 Å². The topological polar surface area (TPSA) is 37.3 Å². The number of carbonyl (C=O) groups is 1. The van der Waals surface area contributed by atoms with E-state index < -0.39 is 5.60 Å². The van der Waals surface area contributed by atoms with Gasteiger partial charge in [0.25, 0.3) is 0 Å². The molecule has 2 heteroatoms. The normalized spacial score (nSPS) is 50.2. The first-order chi connectivity index (χ1) is 5.37. The predicted molar refractivity (Wildman–Crippen MR) is 45.6 cm³/mol. The van der Waals surface area contributed by atoms with Crippen LogP contribution in [0.5, 0.6) is 0 Å². The van der Waals surface area contributed by atoms with Crippen LogP contribution in [0.4, 0.5) is 0 Å². The lowest BCUT2D eigenvalue weighted by molar-refractivity contribution is -0.196. The third kappa shape index (κ3) is 0.717. The van der Waals surface area contributed by atoms with Crippen LogP contribution in [0.1, 0.15) is 33.6 Å². The van der Waals surface area contributed by atoms with Crippen molar-refractivity contribution >= 4 is 5.78 Å². The molecule has 3 aliphatic rings. The van der Waals surface area contributed by atoms with Gasteiger partial charge >= 0.3 is 0 Å². The van der Waals surface area contributed by atoms with Gasteiger partial charge in [-0.3, -0.25) is 4.79 Å². The number of aliphatic hydroxyl groups is 1. The summed E-state index contributed by atoms with van der Waals surface area (Å²) in [5, 5.41) is 9.94. The van der Waals surface area contributed by atoms with Gasteiger partial charge in [0, 0.05) is 12.3 Å². The Morgan fingerprint density at radius 3 is 2.33 bits per heavy atom. The van der Waals surface area contributed by atoms with E-state index >= 15 is 0 Å². The highest BCUT2D eigenvalue weighted by Crippen LogP contribution is 2.61. The number of rotatable bonds is 0.